The average Bonchev–Trinajstić information content (AvgIpc) is 2.96. The molecule has 2 N–H and O–H groups in total. The second-order valence-corrected chi connectivity index (χ2v) is 12.1. The normalized spacial score (nSPS) is 15.9. The number of sulfonamides is 1. The van der Waals surface area contributed by atoms with Crippen LogP contribution in [0.1, 0.15) is 11.1 Å². The highest BCUT2D eigenvalue weighted by Crippen LogP contribution is 2.22. The Morgan fingerprint density at radius 3 is 2.40 bits per heavy atom. The lowest BCUT2D eigenvalue weighted by atomic mass is 10.1. The van der Waals surface area contributed by atoms with Gasteiger partial charge in [0, 0.05) is 31.2 Å². The van der Waals surface area contributed by atoms with Crippen molar-refractivity contribution in [2.75, 3.05) is 39.8 Å². The molecule has 0 radical (unpaired) electrons. The Hall–Kier alpha value is -3.71. The number of carbonyl (C=O) groups is 2. The molecule has 0 spiro atoms. The lowest BCUT2D eigenvalue weighted by molar-refractivity contribution is -0.147. The van der Waals surface area contributed by atoms with Gasteiger partial charge in [-0.3, -0.25) is 9.69 Å². The molecule has 10 nitrogen and oxygen atoms in total. The topological polar surface area (TPSA) is 122 Å². The van der Waals surface area contributed by atoms with E-state index >= 15 is 0 Å². The van der Waals surface area contributed by atoms with Crippen molar-refractivity contribution in [2.24, 2.45) is 5.73 Å². The van der Waals surface area contributed by atoms with E-state index < -0.39 is 34.8 Å². The molecule has 0 saturated carbocycles. The lowest BCUT2D eigenvalue weighted by Crippen LogP contribution is -2.58. The first-order valence-corrected chi connectivity index (χ1v) is 15.0. The van der Waals surface area contributed by atoms with Crippen LogP contribution in [0.2, 0.25) is 5.02 Å². The van der Waals surface area contributed by atoms with Gasteiger partial charge in [0.2, 0.25) is 15.9 Å². The summed E-state index contributed by atoms with van der Waals surface area (Å²) in [5.74, 6) is -0.417. The molecule has 1 aliphatic rings. The summed E-state index contributed by atoms with van der Waals surface area (Å²) in [4.78, 5) is 28.6. The van der Waals surface area contributed by atoms with Crippen LogP contribution in [0.5, 0.6) is 5.75 Å². The second kappa shape index (κ2) is 14.0. The first-order chi connectivity index (χ1) is 20.0. The second-order valence-electron chi connectivity index (χ2n) is 9.73. The minimum Gasteiger partial charge on any atom is -0.497 e. The number of carbonyl (C=O) groups excluding carboxylic acids is 2. The van der Waals surface area contributed by atoms with Gasteiger partial charge in [0.15, 0.2) is 6.23 Å². The van der Waals surface area contributed by atoms with E-state index in [-0.39, 0.29) is 30.3 Å². The number of methoxy groups -OCH3 is 1. The van der Waals surface area contributed by atoms with Crippen LogP contribution >= 0.6 is 11.6 Å². The van der Waals surface area contributed by atoms with Crippen LogP contribution in [0.25, 0.3) is 0 Å². The van der Waals surface area contributed by atoms with Crippen molar-refractivity contribution in [3.63, 3.8) is 0 Å². The average molecular weight is 619 g/mol. The van der Waals surface area contributed by atoms with Crippen molar-refractivity contribution in [2.45, 2.75) is 24.1 Å². The maximum Gasteiger partial charge on any atom is 0.406 e. The highest BCUT2D eigenvalue weighted by Gasteiger charge is 2.36. The summed E-state index contributed by atoms with van der Waals surface area (Å²) < 4.78 is 52.3. The third kappa shape index (κ3) is 8.19. The fourth-order valence-corrected chi connectivity index (χ4v) is 6.29. The van der Waals surface area contributed by atoms with Crippen molar-refractivity contribution in [1.82, 2.24) is 14.1 Å². The van der Waals surface area contributed by atoms with Gasteiger partial charge in [-0.2, -0.15) is 4.31 Å². The summed E-state index contributed by atoms with van der Waals surface area (Å²) in [6, 6.07) is 18.9. The van der Waals surface area contributed by atoms with Crippen LogP contribution < -0.4 is 10.5 Å². The molecule has 0 aliphatic carbocycles. The molecule has 2 amide bonds. The van der Waals surface area contributed by atoms with Crippen molar-refractivity contribution >= 4 is 33.6 Å². The van der Waals surface area contributed by atoms with Crippen LogP contribution in [-0.4, -0.2) is 80.6 Å². The molecular weight excluding hydrogens is 587 g/mol. The monoisotopic (exact) mass is 618 g/mol. The van der Waals surface area contributed by atoms with E-state index in [9.17, 15) is 22.4 Å². The number of halogens is 2. The number of piperazine rings is 1. The number of rotatable bonds is 11. The van der Waals surface area contributed by atoms with Gasteiger partial charge in [0.05, 0.1) is 25.1 Å². The number of hydrogen-bond acceptors (Lipinski definition) is 7. The van der Waals surface area contributed by atoms with E-state index in [1.54, 1.807) is 30.3 Å². The molecule has 0 aromatic heterocycles. The largest absolute Gasteiger partial charge is 0.497 e. The van der Waals surface area contributed by atoms with Crippen molar-refractivity contribution in [3.05, 3.63) is 94.8 Å². The van der Waals surface area contributed by atoms with Gasteiger partial charge in [0.25, 0.3) is 0 Å². The van der Waals surface area contributed by atoms with Crippen LogP contribution in [0.15, 0.2) is 77.7 Å². The zero-order valence-corrected chi connectivity index (χ0v) is 24.6. The van der Waals surface area contributed by atoms with E-state index in [1.165, 1.54) is 48.4 Å². The SMILES string of the molecule is COc1ccc(S(=O)(=O)N(CCc2cccc(Cl)c2)CC(=O)N2CCN(Cc3ccc(F)cc3)CC2OC(N)=O)cc1. The standard InChI is InChI=1S/C29H32ClFN4O6S/c1-40-25-9-11-26(12-10-25)42(38,39)34(14-13-21-3-2-4-23(30)17-21)19-27(36)35-16-15-33(20-28(35)41-29(32)37)18-22-5-7-24(31)8-6-22/h2-12,17,28H,13-16,18-20H2,1H3,(H2,32,37). The molecule has 4 rings (SSSR count). The molecule has 3 aromatic rings. The quantitative estimate of drug-likeness (QED) is 0.349. The molecule has 13 heteroatoms. The third-order valence-corrected chi connectivity index (χ3v) is 8.95. The van der Waals surface area contributed by atoms with Gasteiger partial charge in [-0.1, -0.05) is 35.9 Å². The fourth-order valence-electron chi connectivity index (χ4n) is 4.68. The fraction of sp³-hybridized carbons (Fsp3) is 0.310. The third-order valence-electron chi connectivity index (χ3n) is 6.86. The van der Waals surface area contributed by atoms with Crippen molar-refractivity contribution in [1.29, 1.82) is 0 Å². The highest BCUT2D eigenvalue weighted by molar-refractivity contribution is 7.89. The molecule has 0 bridgehead atoms. The molecule has 1 atom stereocenters. The zero-order chi connectivity index (χ0) is 30.3. The molecule has 1 aliphatic heterocycles. The Kier molecular flexibility index (Phi) is 10.4. The Labute approximate surface area is 249 Å². The van der Waals surface area contributed by atoms with Crippen molar-refractivity contribution < 1.29 is 31.9 Å². The summed E-state index contributed by atoms with van der Waals surface area (Å²) in [7, 11) is -2.64. The summed E-state index contributed by atoms with van der Waals surface area (Å²) in [5, 5.41) is 0.512. The minimum absolute atomic E-state index is 0.00347. The van der Waals surface area contributed by atoms with Gasteiger partial charge in [-0.25, -0.2) is 17.6 Å². The maximum absolute atomic E-state index is 13.7. The van der Waals surface area contributed by atoms with Gasteiger partial charge >= 0.3 is 6.09 Å². The minimum atomic E-state index is -4.11. The van der Waals surface area contributed by atoms with Gasteiger partial charge < -0.3 is 20.1 Å². The number of amides is 2. The zero-order valence-electron chi connectivity index (χ0n) is 23.0. The van der Waals surface area contributed by atoms with E-state index in [0.717, 1.165) is 15.4 Å². The summed E-state index contributed by atoms with van der Waals surface area (Å²) in [6.45, 7) is 0.633. The summed E-state index contributed by atoms with van der Waals surface area (Å²) in [6.07, 6.45) is -1.80. The predicted molar refractivity (Wildman–Crippen MR) is 155 cm³/mol. The Morgan fingerprint density at radius 1 is 1.05 bits per heavy atom. The highest BCUT2D eigenvalue weighted by atomic mass is 35.5. The van der Waals surface area contributed by atoms with Gasteiger partial charge in [-0.05, 0) is 66.1 Å². The molecule has 1 heterocycles. The van der Waals surface area contributed by atoms with E-state index in [0.29, 0.717) is 30.3 Å². The summed E-state index contributed by atoms with van der Waals surface area (Å²) >= 11 is 6.11. The smallest absolute Gasteiger partial charge is 0.406 e. The van der Waals surface area contributed by atoms with Crippen LogP contribution in [0.3, 0.4) is 0 Å². The van der Waals surface area contributed by atoms with E-state index in [4.69, 9.17) is 26.8 Å². The Balaban J connectivity index is 1.53. The first kappa shape index (κ1) is 31.2. The number of hydrogen-bond donors (Lipinski definition) is 1. The van der Waals surface area contributed by atoms with E-state index in [2.05, 4.69) is 0 Å². The molecule has 1 unspecified atom stereocenters. The van der Waals surface area contributed by atoms with Crippen LogP contribution in [-0.2, 0) is 32.5 Å². The number of primary amides is 1. The molecule has 1 fully saturated rings. The molecule has 3 aromatic carbocycles. The molecular formula is C29H32ClFN4O6S. The van der Waals surface area contributed by atoms with Crippen molar-refractivity contribution in [3.8, 4) is 5.75 Å². The number of nitrogens with two attached hydrogens (primary N) is 1. The molecule has 1 saturated heterocycles. The Morgan fingerprint density at radius 2 is 1.76 bits per heavy atom. The van der Waals surface area contributed by atoms with Gasteiger partial charge in [-0.15, -0.1) is 0 Å². The molecule has 224 valence electrons. The number of benzene rings is 3. The maximum atomic E-state index is 13.7. The van der Waals surface area contributed by atoms with Crippen LogP contribution in [0.4, 0.5) is 9.18 Å². The summed E-state index contributed by atoms with van der Waals surface area (Å²) in [5.41, 5.74) is 6.95. The van der Waals surface area contributed by atoms with Gasteiger partial charge in [0.1, 0.15) is 11.6 Å². The molecule has 42 heavy (non-hydrogen) atoms. The number of nitrogens with zero attached hydrogens (tertiary/aromatic N) is 3. The lowest BCUT2D eigenvalue weighted by Gasteiger charge is -2.40. The Bertz CT molecular complexity index is 1490. The number of ether oxygens (including phenoxy) is 2. The van der Waals surface area contributed by atoms with Crippen LogP contribution in [0, 0.1) is 5.82 Å². The van der Waals surface area contributed by atoms with E-state index in [1.807, 2.05) is 11.0 Å². The predicted octanol–water partition coefficient (Wildman–Crippen LogP) is 3.49. The first-order valence-electron chi connectivity index (χ1n) is 13.2.